The number of hydrogen-bond acceptors (Lipinski definition) is 5. The van der Waals surface area contributed by atoms with Gasteiger partial charge in [0.2, 0.25) is 5.88 Å². The Morgan fingerprint density at radius 1 is 1.56 bits per heavy atom. The van der Waals surface area contributed by atoms with Crippen LogP contribution in [-0.2, 0) is 0 Å². The predicted octanol–water partition coefficient (Wildman–Crippen LogP) is 1.64. The van der Waals surface area contributed by atoms with Crippen molar-refractivity contribution in [3.05, 3.63) is 12.1 Å². The number of pyridine rings is 1. The molecule has 0 amide bonds. The second-order valence-corrected chi connectivity index (χ2v) is 4.73. The molecule has 1 atom stereocenters. The molecule has 100 valence electrons. The monoisotopic (exact) mass is 251 g/mol. The summed E-state index contributed by atoms with van der Waals surface area (Å²) in [6, 6.07) is 3.57. The molecule has 2 rings (SSSR count). The lowest BCUT2D eigenvalue weighted by Crippen LogP contribution is -2.21. The number of nitrogens with two attached hydrogens (primary N) is 1. The number of nitrogens with one attached hydrogen (secondary N) is 1. The van der Waals surface area contributed by atoms with Gasteiger partial charge in [-0.25, -0.2) is 0 Å². The Hall–Kier alpha value is -1.49. The maximum absolute atomic E-state index is 9.77. The number of aliphatic hydroxyl groups excluding tert-OH is 1. The molecule has 1 aliphatic carbocycles. The van der Waals surface area contributed by atoms with Crippen molar-refractivity contribution in [1.29, 1.82) is 0 Å². The van der Waals surface area contributed by atoms with Crippen molar-refractivity contribution < 1.29 is 9.84 Å². The molecule has 5 nitrogen and oxygen atoms in total. The molecule has 1 heterocycles. The van der Waals surface area contributed by atoms with Crippen LogP contribution in [0.1, 0.15) is 26.2 Å². The van der Waals surface area contributed by atoms with Crippen molar-refractivity contribution in [2.75, 3.05) is 24.2 Å². The lowest BCUT2D eigenvalue weighted by Gasteiger charge is -2.13. The van der Waals surface area contributed by atoms with Crippen molar-refractivity contribution >= 4 is 11.5 Å². The van der Waals surface area contributed by atoms with Gasteiger partial charge in [-0.3, -0.25) is 0 Å². The van der Waals surface area contributed by atoms with E-state index in [0.717, 1.165) is 19.3 Å². The van der Waals surface area contributed by atoms with Crippen molar-refractivity contribution in [3.63, 3.8) is 0 Å². The van der Waals surface area contributed by atoms with Crippen molar-refractivity contribution in [2.45, 2.75) is 32.3 Å². The van der Waals surface area contributed by atoms with Gasteiger partial charge in [-0.2, -0.15) is 4.98 Å². The van der Waals surface area contributed by atoms with Gasteiger partial charge in [0, 0.05) is 6.54 Å². The Bertz CT molecular complexity index is 394. The highest BCUT2D eigenvalue weighted by Gasteiger charge is 2.29. The number of rotatable bonds is 7. The first-order chi connectivity index (χ1) is 8.70. The average molecular weight is 251 g/mol. The summed E-state index contributed by atoms with van der Waals surface area (Å²) in [6.07, 6.45) is 2.88. The summed E-state index contributed by atoms with van der Waals surface area (Å²) >= 11 is 0. The third-order valence-electron chi connectivity index (χ3n) is 2.99. The average Bonchev–Trinajstić information content (AvgIpc) is 3.20. The first kappa shape index (κ1) is 13.0. The van der Waals surface area contributed by atoms with Gasteiger partial charge in [0.05, 0.1) is 18.4 Å². The number of nitrogen functional groups attached to an aromatic ring is 1. The third kappa shape index (κ3) is 3.50. The molecular formula is C13H21N3O2. The van der Waals surface area contributed by atoms with Gasteiger partial charge in [0.1, 0.15) is 5.82 Å². The molecular weight excluding hydrogens is 230 g/mol. The number of ether oxygens (including phenoxy) is 1. The van der Waals surface area contributed by atoms with Crippen LogP contribution in [-0.4, -0.2) is 29.3 Å². The van der Waals surface area contributed by atoms with E-state index in [1.54, 1.807) is 12.1 Å². The molecule has 0 spiro atoms. The fourth-order valence-corrected chi connectivity index (χ4v) is 1.72. The zero-order valence-corrected chi connectivity index (χ0v) is 10.7. The summed E-state index contributed by atoms with van der Waals surface area (Å²) in [5, 5.41) is 12.9. The van der Waals surface area contributed by atoms with E-state index >= 15 is 0 Å². The molecule has 1 saturated carbocycles. The lowest BCUT2D eigenvalue weighted by atomic mass is 10.2. The summed E-state index contributed by atoms with van der Waals surface area (Å²) in [7, 11) is 0. The second kappa shape index (κ2) is 5.91. The van der Waals surface area contributed by atoms with Gasteiger partial charge in [0.25, 0.3) is 0 Å². The van der Waals surface area contributed by atoms with Crippen molar-refractivity contribution in [2.24, 2.45) is 5.92 Å². The topological polar surface area (TPSA) is 80.4 Å². The molecule has 0 bridgehead atoms. The summed E-state index contributed by atoms with van der Waals surface area (Å²) in [6.45, 7) is 3.16. The predicted molar refractivity (Wildman–Crippen MR) is 71.7 cm³/mol. The smallest absolute Gasteiger partial charge is 0.239 e. The largest absolute Gasteiger partial charge is 0.476 e. The van der Waals surface area contributed by atoms with E-state index in [4.69, 9.17) is 10.5 Å². The molecule has 0 saturated heterocycles. The molecule has 1 aromatic rings. The number of nitrogens with zero attached hydrogens (tertiary/aromatic N) is 1. The quantitative estimate of drug-likeness (QED) is 0.686. The molecule has 4 N–H and O–H groups in total. The molecule has 1 aromatic heterocycles. The summed E-state index contributed by atoms with van der Waals surface area (Å²) in [4.78, 5) is 4.29. The normalized spacial score (nSPS) is 16.3. The summed E-state index contributed by atoms with van der Waals surface area (Å²) < 4.78 is 5.45. The first-order valence-electron chi connectivity index (χ1n) is 6.52. The Morgan fingerprint density at radius 2 is 2.33 bits per heavy atom. The Morgan fingerprint density at radius 3 is 3.00 bits per heavy atom. The fraction of sp³-hybridized carbons (Fsp3) is 0.615. The Labute approximate surface area is 107 Å². The van der Waals surface area contributed by atoms with Crippen LogP contribution in [0.4, 0.5) is 11.5 Å². The minimum atomic E-state index is -0.288. The minimum Gasteiger partial charge on any atom is -0.476 e. The van der Waals surface area contributed by atoms with Crippen LogP contribution < -0.4 is 15.8 Å². The van der Waals surface area contributed by atoms with Crippen LogP contribution in [0.15, 0.2) is 12.1 Å². The van der Waals surface area contributed by atoms with Gasteiger partial charge < -0.3 is 20.9 Å². The zero-order valence-electron chi connectivity index (χ0n) is 10.7. The number of aromatic nitrogens is 1. The second-order valence-electron chi connectivity index (χ2n) is 4.73. The summed E-state index contributed by atoms with van der Waals surface area (Å²) in [5.41, 5.74) is 6.32. The van der Waals surface area contributed by atoms with Gasteiger partial charge in [0.15, 0.2) is 0 Å². The SMILES string of the molecule is CCCOc1nc(NCC(O)C2CC2)ccc1N. The highest BCUT2D eigenvalue weighted by atomic mass is 16.5. The molecule has 0 radical (unpaired) electrons. The number of aliphatic hydroxyl groups is 1. The van der Waals surface area contributed by atoms with Crippen LogP contribution in [0.25, 0.3) is 0 Å². The van der Waals surface area contributed by atoms with E-state index in [2.05, 4.69) is 10.3 Å². The highest BCUT2D eigenvalue weighted by molar-refractivity contribution is 5.53. The molecule has 1 unspecified atom stereocenters. The minimum absolute atomic E-state index is 0.288. The van der Waals surface area contributed by atoms with E-state index in [-0.39, 0.29) is 6.10 Å². The van der Waals surface area contributed by atoms with E-state index in [1.807, 2.05) is 6.92 Å². The van der Waals surface area contributed by atoms with Gasteiger partial charge >= 0.3 is 0 Å². The van der Waals surface area contributed by atoms with E-state index < -0.39 is 0 Å². The highest BCUT2D eigenvalue weighted by Crippen LogP contribution is 2.32. The maximum atomic E-state index is 9.77. The maximum Gasteiger partial charge on any atom is 0.239 e. The molecule has 5 heteroatoms. The molecule has 0 aromatic carbocycles. The Kier molecular flexibility index (Phi) is 4.25. The van der Waals surface area contributed by atoms with Gasteiger partial charge in [-0.1, -0.05) is 6.92 Å². The van der Waals surface area contributed by atoms with E-state index in [0.29, 0.717) is 36.5 Å². The lowest BCUT2D eigenvalue weighted by molar-refractivity contribution is 0.164. The zero-order chi connectivity index (χ0) is 13.0. The Balaban J connectivity index is 1.90. The molecule has 0 aliphatic heterocycles. The van der Waals surface area contributed by atoms with Crippen molar-refractivity contribution in [1.82, 2.24) is 4.98 Å². The molecule has 1 fully saturated rings. The van der Waals surface area contributed by atoms with Gasteiger partial charge in [-0.05, 0) is 37.3 Å². The number of anilines is 2. The van der Waals surface area contributed by atoms with Gasteiger partial charge in [-0.15, -0.1) is 0 Å². The third-order valence-corrected chi connectivity index (χ3v) is 2.99. The van der Waals surface area contributed by atoms with Crippen molar-refractivity contribution in [3.8, 4) is 5.88 Å². The number of hydrogen-bond donors (Lipinski definition) is 3. The van der Waals surface area contributed by atoms with Crippen LogP contribution in [0.2, 0.25) is 0 Å². The van der Waals surface area contributed by atoms with Crippen LogP contribution >= 0.6 is 0 Å². The molecule has 1 aliphatic rings. The summed E-state index contributed by atoms with van der Waals surface area (Å²) in [5.74, 6) is 1.61. The molecule has 18 heavy (non-hydrogen) atoms. The van der Waals surface area contributed by atoms with Crippen LogP contribution in [0, 0.1) is 5.92 Å². The van der Waals surface area contributed by atoms with Crippen LogP contribution in [0.3, 0.4) is 0 Å². The first-order valence-corrected chi connectivity index (χ1v) is 6.52. The fourth-order valence-electron chi connectivity index (χ4n) is 1.72. The standard InChI is InChI=1S/C13H21N3O2/c1-2-7-18-13-10(14)5-6-12(16-13)15-8-11(17)9-3-4-9/h5-6,9,11,17H,2-4,7-8,14H2,1H3,(H,15,16). The van der Waals surface area contributed by atoms with E-state index in [1.165, 1.54) is 0 Å². The van der Waals surface area contributed by atoms with E-state index in [9.17, 15) is 5.11 Å². The van der Waals surface area contributed by atoms with Crippen LogP contribution in [0.5, 0.6) is 5.88 Å².